The summed E-state index contributed by atoms with van der Waals surface area (Å²) in [6.07, 6.45) is 3.98. The predicted octanol–water partition coefficient (Wildman–Crippen LogP) is 8.91. The number of hydrogen-bond acceptors (Lipinski definition) is 2. The summed E-state index contributed by atoms with van der Waals surface area (Å²) in [5.41, 5.74) is 9.77. The van der Waals surface area contributed by atoms with E-state index in [2.05, 4.69) is 106 Å². The van der Waals surface area contributed by atoms with Crippen molar-refractivity contribution in [1.82, 2.24) is 9.13 Å². The topological polar surface area (TPSA) is 46.0 Å². The summed E-state index contributed by atoms with van der Waals surface area (Å²) in [7, 11) is 0. The average Bonchev–Trinajstić information content (AvgIpc) is 3.54. The van der Waals surface area contributed by atoms with E-state index in [4.69, 9.17) is 4.99 Å². The largest absolute Gasteiger partial charge is 0.309 e. The van der Waals surface area contributed by atoms with E-state index in [1.54, 1.807) is 0 Å². The van der Waals surface area contributed by atoms with E-state index in [9.17, 15) is 5.26 Å². The SMILES string of the molecule is N#Cc1ccc(-c2cc(-n3c4c(c5ccccc53)CCC=N4)cc(-n3c4ccccc4c4ccccc43)c2)cc1. The summed E-state index contributed by atoms with van der Waals surface area (Å²) in [5, 5.41) is 13.1. The first-order chi connectivity index (χ1) is 19.8. The van der Waals surface area contributed by atoms with E-state index in [0.29, 0.717) is 5.56 Å². The van der Waals surface area contributed by atoms with Crippen molar-refractivity contribution >= 4 is 44.7 Å². The van der Waals surface area contributed by atoms with Crippen LogP contribution in [-0.2, 0) is 6.42 Å². The van der Waals surface area contributed by atoms with Crippen LogP contribution in [0.25, 0.3) is 55.2 Å². The summed E-state index contributed by atoms with van der Waals surface area (Å²) in [6.45, 7) is 0. The number of hydrogen-bond donors (Lipinski definition) is 0. The number of benzene rings is 5. The van der Waals surface area contributed by atoms with Crippen molar-refractivity contribution in [3.63, 3.8) is 0 Å². The molecular weight excluding hydrogens is 488 g/mol. The molecule has 7 aromatic rings. The summed E-state index contributed by atoms with van der Waals surface area (Å²) >= 11 is 0. The van der Waals surface area contributed by atoms with Crippen LogP contribution in [0.2, 0.25) is 0 Å². The Kier molecular flexibility index (Phi) is 4.98. The van der Waals surface area contributed by atoms with Gasteiger partial charge in [0.05, 0.1) is 33.9 Å². The Balaban J connectivity index is 1.47. The standard InChI is InChI=1S/C36H24N4/c37-23-24-15-17-25(18-16-24)26-20-27(39-33-12-4-1-8-29(33)30-9-2-5-13-34(30)39)22-28(21-26)40-35-14-6-3-10-31(35)32-11-7-19-38-36(32)40/h1-6,8-10,12-22H,7,11H2. The number of aromatic nitrogens is 2. The smallest absolute Gasteiger partial charge is 0.141 e. The van der Waals surface area contributed by atoms with Gasteiger partial charge in [-0.05, 0) is 72.5 Å². The van der Waals surface area contributed by atoms with Crippen LogP contribution in [0.15, 0.2) is 120 Å². The van der Waals surface area contributed by atoms with Gasteiger partial charge in [0.15, 0.2) is 0 Å². The third kappa shape index (κ3) is 3.35. The minimum absolute atomic E-state index is 0.655. The Morgan fingerprint density at radius 1 is 0.600 bits per heavy atom. The number of aryl methyl sites for hydroxylation is 1. The molecule has 1 aliphatic rings. The van der Waals surface area contributed by atoms with Crippen LogP contribution >= 0.6 is 0 Å². The summed E-state index contributed by atoms with van der Waals surface area (Å²) < 4.78 is 4.67. The highest BCUT2D eigenvalue weighted by Crippen LogP contribution is 2.40. The molecule has 8 rings (SSSR count). The number of nitriles is 1. The molecule has 3 heterocycles. The lowest BCUT2D eigenvalue weighted by Crippen LogP contribution is -2.01. The zero-order valence-corrected chi connectivity index (χ0v) is 21.8. The zero-order valence-electron chi connectivity index (χ0n) is 21.8. The zero-order chi connectivity index (χ0) is 26.6. The Hall–Kier alpha value is -5.40. The molecule has 0 saturated carbocycles. The molecule has 0 bridgehead atoms. The quantitative estimate of drug-likeness (QED) is 0.233. The highest BCUT2D eigenvalue weighted by Gasteiger charge is 2.21. The molecule has 0 amide bonds. The van der Waals surface area contributed by atoms with Gasteiger partial charge in [0.2, 0.25) is 0 Å². The van der Waals surface area contributed by atoms with Gasteiger partial charge in [0.1, 0.15) is 5.82 Å². The molecular formula is C36H24N4. The molecule has 0 saturated heterocycles. The molecule has 40 heavy (non-hydrogen) atoms. The Labute approximate surface area is 231 Å². The summed E-state index contributed by atoms with van der Waals surface area (Å²) in [6, 6.07) is 42.7. The van der Waals surface area contributed by atoms with Crippen molar-refractivity contribution < 1.29 is 0 Å². The molecule has 5 aromatic carbocycles. The third-order valence-corrected chi connectivity index (χ3v) is 8.04. The van der Waals surface area contributed by atoms with Crippen LogP contribution in [0.1, 0.15) is 17.5 Å². The van der Waals surface area contributed by atoms with Crippen molar-refractivity contribution in [3.05, 3.63) is 126 Å². The van der Waals surface area contributed by atoms with Crippen LogP contribution in [0, 0.1) is 11.3 Å². The summed E-state index contributed by atoms with van der Waals surface area (Å²) in [4.78, 5) is 4.92. The highest BCUT2D eigenvalue weighted by atomic mass is 15.1. The van der Waals surface area contributed by atoms with Crippen molar-refractivity contribution in [2.45, 2.75) is 12.8 Å². The first kappa shape index (κ1) is 22.6. The minimum Gasteiger partial charge on any atom is -0.309 e. The van der Waals surface area contributed by atoms with E-state index < -0.39 is 0 Å². The lowest BCUT2D eigenvalue weighted by molar-refractivity contribution is 0.998. The van der Waals surface area contributed by atoms with Crippen LogP contribution in [0.3, 0.4) is 0 Å². The summed E-state index contributed by atoms with van der Waals surface area (Å²) in [5.74, 6) is 1.01. The van der Waals surface area contributed by atoms with Crippen molar-refractivity contribution in [1.29, 1.82) is 5.26 Å². The number of aliphatic imine (C=N–C) groups is 1. The lowest BCUT2D eigenvalue weighted by Gasteiger charge is -2.17. The fraction of sp³-hybridized carbons (Fsp3) is 0.0556. The van der Waals surface area contributed by atoms with Crippen LogP contribution < -0.4 is 0 Å². The number of rotatable bonds is 3. The Bertz CT molecular complexity index is 2110. The van der Waals surface area contributed by atoms with E-state index in [0.717, 1.165) is 46.7 Å². The molecule has 0 fully saturated rings. The molecule has 4 heteroatoms. The monoisotopic (exact) mass is 512 g/mol. The van der Waals surface area contributed by atoms with Crippen LogP contribution in [0.4, 0.5) is 5.82 Å². The highest BCUT2D eigenvalue weighted by molar-refractivity contribution is 6.09. The van der Waals surface area contributed by atoms with Gasteiger partial charge in [-0.15, -0.1) is 0 Å². The second-order valence-electron chi connectivity index (χ2n) is 10.3. The Morgan fingerprint density at radius 2 is 1.18 bits per heavy atom. The molecule has 4 nitrogen and oxygen atoms in total. The average molecular weight is 513 g/mol. The van der Waals surface area contributed by atoms with Gasteiger partial charge in [-0.25, -0.2) is 4.99 Å². The second-order valence-corrected chi connectivity index (χ2v) is 10.3. The van der Waals surface area contributed by atoms with Gasteiger partial charge < -0.3 is 4.57 Å². The van der Waals surface area contributed by atoms with Gasteiger partial charge >= 0.3 is 0 Å². The molecule has 0 N–H and O–H groups in total. The van der Waals surface area contributed by atoms with Crippen LogP contribution in [-0.4, -0.2) is 15.3 Å². The number of para-hydroxylation sites is 3. The molecule has 0 aliphatic carbocycles. The molecule has 0 unspecified atom stereocenters. The first-order valence-electron chi connectivity index (χ1n) is 13.6. The van der Waals surface area contributed by atoms with E-state index >= 15 is 0 Å². The van der Waals surface area contributed by atoms with Gasteiger partial charge in [-0.1, -0.05) is 66.7 Å². The molecule has 0 atom stereocenters. The number of nitrogens with zero attached hydrogens (tertiary/aromatic N) is 4. The van der Waals surface area contributed by atoms with E-state index in [-0.39, 0.29) is 0 Å². The van der Waals surface area contributed by atoms with Gasteiger partial charge in [-0.3, -0.25) is 4.57 Å². The molecule has 188 valence electrons. The second kappa shape index (κ2) is 8.83. The van der Waals surface area contributed by atoms with Crippen molar-refractivity contribution in [2.75, 3.05) is 0 Å². The van der Waals surface area contributed by atoms with Crippen molar-refractivity contribution in [3.8, 4) is 28.6 Å². The first-order valence-corrected chi connectivity index (χ1v) is 13.6. The third-order valence-electron chi connectivity index (χ3n) is 8.04. The maximum absolute atomic E-state index is 9.38. The van der Waals surface area contributed by atoms with Crippen molar-refractivity contribution in [2.24, 2.45) is 4.99 Å². The molecule has 2 aromatic heterocycles. The molecule has 0 spiro atoms. The minimum atomic E-state index is 0.655. The van der Waals surface area contributed by atoms with E-state index in [1.165, 1.54) is 32.8 Å². The molecule has 1 aliphatic heterocycles. The van der Waals surface area contributed by atoms with Crippen LogP contribution in [0.5, 0.6) is 0 Å². The Morgan fingerprint density at radius 3 is 1.82 bits per heavy atom. The molecule has 0 radical (unpaired) electrons. The number of fused-ring (bicyclic) bond motifs is 6. The normalized spacial score (nSPS) is 12.7. The fourth-order valence-corrected chi connectivity index (χ4v) is 6.25. The van der Waals surface area contributed by atoms with Gasteiger partial charge in [0, 0.05) is 33.6 Å². The predicted molar refractivity (Wildman–Crippen MR) is 164 cm³/mol. The lowest BCUT2D eigenvalue weighted by atomic mass is 10.0. The maximum atomic E-state index is 9.38. The fourth-order valence-electron chi connectivity index (χ4n) is 6.25. The van der Waals surface area contributed by atoms with E-state index in [1.807, 2.05) is 30.5 Å². The van der Waals surface area contributed by atoms with Gasteiger partial charge in [-0.2, -0.15) is 5.26 Å². The van der Waals surface area contributed by atoms with Gasteiger partial charge in [0.25, 0.3) is 0 Å². The maximum Gasteiger partial charge on any atom is 0.141 e.